The number of nitrogens with zero attached hydrogens (tertiary/aromatic N) is 8. The number of nitrogens with one attached hydrogen (secondary N) is 12. The molecule has 7 aliphatic carbocycles. The molecule has 28 heteroatoms. The SMILES string of the molecule is CC1CCCCC1NC(=O)c1ccc2nc(-c3ccc(C(=O)Nc4cccnc4)cc3)[nH]c2c1.Cc1ccc(NC(=O)c2ccc(-c3nc4ccc(C(=O)NC5CCCCCC5)cc4[nH]3)cc2)nc1.O=C(Nc1ccncc1)c1ccc(-c2nc3ccc(C(=O)NC4C5CC6CC(C5)CC4C6)cc3[nH]2)cc1.O=C(Nc1ccncc1)c1ccc(-c2nc3ccc(C(=O)NC4CCCCCC4)cc3[nH]2)cc1. The summed E-state index contributed by atoms with van der Waals surface area (Å²) in [6, 6.07) is 66.6. The predicted molar refractivity (Wildman–Crippen MR) is 545 cm³/mol. The maximum Gasteiger partial charge on any atom is 0.256 e. The molecule has 0 saturated heterocycles. The first-order valence-electron chi connectivity index (χ1n) is 48.9. The number of aryl methyl sites for hydroxylation is 1. The minimum Gasteiger partial charge on any atom is -0.349 e. The summed E-state index contributed by atoms with van der Waals surface area (Å²) in [6.07, 6.45) is 36.6. The molecule has 0 spiro atoms. The van der Waals surface area contributed by atoms with Gasteiger partial charge in [0.2, 0.25) is 0 Å². The molecule has 12 N–H and O–H groups in total. The summed E-state index contributed by atoms with van der Waals surface area (Å²) in [5.74, 6) is 5.99. The summed E-state index contributed by atoms with van der Waals surface area (Å²) in [6.45, 7) is 4.16. The highest BCUT2D eigenvalue weighted by molar-refractivity contribution is 6.08. The molecule has 708 valence electrons. The molecule has 2 unspecified atom stereocenters. The number of H-pyrrole nitrogens is 4. The third-order valence-electron chi connectivity index (χ3n) is 27.9. The van der Waals surface area contributed by atoms with Gasteiger partial charge in [0.1, 0.15) is 29.1 Å². The second-order valence-electron chi connectivity index (χ2n) is 37.9. The van der Waals surface area contributed by atoms with Gasteiger partial charge in [-0.3, -0.25) is 53.3 Å². The molecule has 7 fully saturated rings. The van der Waals surface area contributed by atoms with Crippen molar-refractivity contribution in [2.75, 3.05) is 21.3 Å². The average Bonchev–Trinajstić information content (AvgIpc) is 1.01. The zero-order chi connectivity index (χ0) is 96.0. The minimum atomic E-state index is -0.221. The molecule has 23 rings (SSSR count). The van der Waals surface area contributed by atoms with E-state index in [1.54, 1.807) is 134 Å². The fourth-order valence-electron chi connectivity index (χ4n) is 20.5. The van der Waals surface area contributed by atoms with Crippen molar-refractivity contribution in [1.82, 2.24) is 81.1 Å². The van der Waals surface area contributed by atoms with Crippen LogP contribution in [0.3, 0.4) is 0 Å². The Bertz CT molecular complexity index is 7090. The van der Waals surface area contributed by atoms with Crippen LogP contribution in [0.5, 0.6) is 0 Å². The Hall–Kier alpha value is -16.0. The monoisotopic (exact) mass is 1860 g/mol. The van der Waals surface area contributed by atoms with Crippen LogP contribution in [0.15, 0.2) is 262 Å². The number of rotatable bonds is 20. The Morgan fingerprint density at radius 2 is 0.643 bits per heavy atom. The first kappa shape index (κ1) is 93.0. The molecule has 8 aromatic heterocycles. The van der Waals surface area contributed by atoms with Gasteiger partial charge in [0, 0.05) is 139 Å². The number of carbonyl (C=O) groups is 8. The lowest BCUT2D eigenvalue weighted by atomic mass is 9.54. The van der Waals surface area contributed by atoms with E-state index in [9.17, 15) is 38.4 Å². The summed E-state index contributed by atoms with van der Waals surface area (Å²) < 4.78 is 0. The van der Waals surface area contributed by atoms with Gasteiger partial charge in [-0.1, -0.05) is 126 Å². The number of aromatic nitrogens is 12. The third-order valence-corrected chi connectivity index (χ3v) is 27.9. The molecule has 8 aromatic carbocycles. The number of hydrogen-bond acceptors (Lipinski definition) is 16. The number of carbonyl (C=O) groups excluding carboxylic acids is 8. The Balaban J connectivity index is 0.000000119. The zero-order valence-corrected chi connectivity index (χ0v) is 78.2. The number of fused-ring (bicyclic) bond motifs is 4. The van der Waals surface area contributed by atoms with Gasteiger partial charge < -0.3 is 62.5 Å². The molecular formula is C112H112N20O8. The van der Waals surface area contributed by atoms with E-state index >= 15 is 0 Å². The quantitative estimate of drug-likeness (QED) is 0.0315. The molecule has 0 radical (unpaired) electrons. The second-order valence-corrected chi connectivity index (χ2v) is 37.9. The van der Waals surface area contributed by atoms with Crippen molar-refractivity contribution in [1.29, 1.82) is 0 Å². The van der Waals surface area contributed by atoms with Crippen molar-refractivity contribution in [3.05, 3.63) is 312 Å². The topological polar surface area (TPSA) is 399 Å². The first-order chi connectivity index (χ1) is 68.3. The summed E-state index contributed by atoms with van der Waals surface area (Å²) in [7, 11) is 0. The summed E-state index contributed by atoms with van der Waals surface area (Å²) in [5.41, 5.74) is 17.7. The van der Waals surface area contributed by atoms with Gasteiger partial charge in [0.25, 0.3) is 47.3 Å². The van der Waals surface area contributed by atoms with Gasteiger partial charge in [0.05, 0.1) is 56.0 Å². The summed E-state index contributed by atoms with van der Waals surface area (Å²) in [5, 5.41) is 24.3. The van der Waals surface area contributed by atoms with Crippen LogP contribution >= 0.6 is 0 Å². The number of benzene rings is 8. The van der Waals surface area contributed by atoms with E-state index in [1.807, 2.05) is 134 Å². The lowest BCUT2D eigenvalue weighted by Crippen LogP contribution is -2.55. The predicted octanol–water partition coefficient (Wildman–Crippen LogP) is 21.6. The van der Waals surface area contributed by atoms with Crippen LogP contribution in [-0.2, 0) is 0 Å². The molecule has 28 nitrogen and oxygen atoms in total. The van der Waals surface area contributed by atoms with E-state index in [1.165, 1.54) is 96.3 Å². The van der Waals surface area contributed by atoms with Crippen LogP contribution in [0, 0.1) is 36.5 Å². The van der Waals surface area contributed by atoms with E-state index < -0.39 is 0 Å². The molecule has 0 aliphatic heterocycles. The highest BCUT2D eigenvalue weighted by atomic mass is 16.2. The highest BCUT2D eigenvalue weighted by Gasteiger charge is 2.49. The van der Waals surface area contributed by atoms with Crippen molar-refractivity contribution in [2.45, 2.75) is 173 Å². The van der Waals surface area contributed by atoms with Crippen LogP contribution in [0.25, 0.3) is 89.7 Å². The standard InChI is InChI=1S/C30H29N5O2.C28H29N5O2.2C27H27N5O2/c36-29(32-24-7-9-31-10-8-24)20-3-1-19(2-4-20)28-33-25-6-5-21(16-26(25)34-28)30(37)35-27-22-12-17-11-18(14-22)15-23(27)13-17;1-18-8-15-25(29-17-18)33-27(34)20-11-9-19(10-12-20)26-31-23-14-13-21(16-24(23)32-26)28(35)30-22-6-4-2-3-5-7-22;1-17-5-2-3-7-22(17)32-27(34)20-12-13-23-24(15-20)31-25(30-23)18-8-10-19(11-9-18)26(33)29-21-6-4-14-28-16-21;33-26(30-22-13-15-28-16-14-22)19-9-7-18(8-10-19)25-31-23-12-11-20(17-24(23)32-25)27(34)29-21-5-3-1-2-4-6-21/h1-10,16-18,22-23,27H,11-15H2,(H,33,34)(H,35,37)(H,31,32,36);8-17,22H,2-7H2,1H3,(H,30,35)(H,31,32)(H,29,33,34);4,6,8-17,22H,2-3,5,7H2,1H3,(H,29,33)(H,30,31)(H,32,34);7-17,21H,1-6H2,(H,29,34)(H,31,32)(H,28,30,33). The van der Waals surface area contributed by atoms with E-state index in [0.717, 1.165) is 122 Å². The molecular weight excluding hydrogens is 1750 g/mol. The molecule has 140 heavy (non-hydrogen) atoms. The van der Waals surface area contributed by atoms with Gasteiger partial charge in [0.15, 0.2) is 0 Å². The van der Waals surface area contributed by atoms with Crippen molar-refractivity contribution < 1.29 is 38.4 Å². The number of hydrogen-bond donors (Lipinski definition) is 12. The van der Waals surface area contributed by atoms with Gasteiger partial charge in [-0.2, -0.15) is 0 Å². The minimum absolute atomic E-state index is 0.0140. The number of pyridine rings is 4. The number of imidazole rings is 4. The highest BCUT2D eigenvalue weighted by Crippen LogP contribution is 2.54. The molecule has 4 bridgehead atoms. The normalized spacial score (nSPS) is 18.3. The van der Waals surface area contributed by atoms with Gasteiger partial charge in [-0.15, -0.1) is 0 Å². The molecule has 16 aromatic rings. The van der Waals surface area contributed by atoms with Crippen molar-refractivity contribution in [3.8, 4) is 45.6 Å². The van der Waals surface area contributed by atoms with Crippen molar-refractivity contribution >= 4 is 114 Å². The fourth-order valence-corrected chi connectivity index (χ4v) is 20.5. The van der Waals surface area contributed by atoms with Crippen molar-refractivity contribution in [2.24, 2.45) is 29.6 Å². The Kier molecular flexibility index (Phi) is 28.7. The Morgan fingerprint density at radius 1 is 0.300 bits per heavy atom. The smallest absolute Gasteiger partial charge is 0.256 e. The van der Waals surface area contributed by atoms with E-state index in [-0.39, 0.29) is 65.4 Å². The Labute approximate surface area is 810 Å². The van der Waals surface area contributed by atoms with E-state index in [2.05, 4.69) is 104 Å². The van der Waals surface area contributed by atoms with Crippen LogP contribution < -0.4 is 42.5 Å². The van der Waals surface area contributed by atoms with Crippen LogP contribution in [-0.4, -0.2) is 131 Å². The van der Waals surface area contributed by atoms with E-state index in [4.69, 9.17) is 4.98 Å². The van der Waals surface area contributed by atoms with Crippen molar-refractivity contribution in [3.63, 3.8) is 0 Å². The molecule has 8 heterocycles. The first-order valence-corrected chi connectivity index (χ1v) is 48.9. The van der Waals surface area contributed by atoms with Crippen LogP contribution in [0.1, 0.15) is 230 Å². The number of amides is 8. The largest absolute Gasteiger partial charge is 0.349 e. The zero-order valence-electron chi connectivity index (χ0n) is 78.2. The van der Waals surface area contributed by atoms with Crippen LogP contribution in [0.2, 0.25) is 0 Å². The van der Waals surface area contributed by atoms with Gasteiger partial charge in [-0.05, 0) is 276 Å². The number of aromatic amines is 4. The fraction of sp³-hybridized carbons (Fsp3) is 0.286. The number of anilines is 4. The van der Waals surface area contributed by atoms with Gasteiger partial charge >= 0.3 is 0 Å². The molecule has 7 saturated carbocycles. The summed E-state index contributed by atoms with van der Waals surface area (Å²) in [4.78, 5) is 150. The molecule has 7 aliphatic rings. The second kappa shape index (κ2) is 43.1. The maximum absolute atomic E-state index is 13.2. The lowest BCUT2D eigenvalue weighted by molar-refractivity contribution is -0.0119. The lowest BCUT2D eigenvalue weighted by Gasteiger charge is -2.54. The molecule has 2 atom stereocenters. The Morgan fingerprint density at radius 3 is 1.00 bits per heavy atom. The maximum atomic E-state index is 13.2. The summed E-state index contributed by atoms with van der Waals surface area (Å²) >= 11 is 0. The molecule has 8 amide bonds. The average molecular weight is 1870 g/mol. The third kappa shape index (κ3) is 22.9. The van der Waals surface area contributed by atoms with E-state index in [0.29, 0.717) is 114 Å². The van der Waals surface area contributed by atoms with Gasteiger partial charge in [-0.25, -0.2) is 24.9 Å². The van der Waals surface area contributed by atoms with Crippen LogP contribution in [0.4, 0.5) is 22.9 Å².